The first-order chi connectivity index (χ1) is 17.0. The number of hydrogen-bond acceptors (Lipinski definition) is 5. The molecule has 2 aliphatic heterocycles. The summed E-state index contributed by atoms with van der Waals surface area (Å²) in [6, 6.07) is 6.30. The molecule has 0 spiro atoms. The summed E-state index contributed by atoms with van der Waals surface area (Å²) >= 11 is 0. The average Bonchev–Trinajstić information content (AvgIpc) is 2.83. The van der Waals surface area contributed by atoms with Crippen molar-refractivity contribution in [3.05, 3.63) is 47.3 Å². The van der Waals surface area contributed by atoms with E-state index in [2.05, 4.69) is 17.1 Å². The quantitative estimate of drug-likeness (QED) is 0.666. The molecule has 2 aromatic rings. The van der Waals surface area contributed by atoms with E-state index >= 15 is 0 Å². The van der Waals surface area contributed by atoms with E-state index in [1.54, 1.807) is 4.90 Å². The van der Waals surface area contributed by atoms with E-state index in [-0.39, 0.29) is 23.8 Å². The minimum absolute atomic E-state index is 0.0858. The van der Waals surface area contributed by atoms with Crippen LogP contribution in [-0.4, -0.2) is 60.3 Å². The van der Waals surface area contributed by atoms with Crippen molar-refractivity contribution in [1.82, 2.24) is 9.88 Å². The molecule has 1 aromatic heterocycles. The molecule has 1 atom stereocenters. The molecule has 0 bridgehead atoms. The van der Waals surface area contributed by atoms with E-state index in [0.717, 1.165) is 48.1 Å². The number of likely N-dealkylation sites (tertiary alicyclic amines) is 1. The maximum absolute atomic E-state index is 13.4. The normalized spacial score (nSPS) is 22.4. The number of aromatic nitrogens is 1. The summed E-state index contributed by atoms with van der Waals surface area (Å²) in [6.07, 6.45) is 9.23. The van der Waals surface area contributed by atoms with Crippen LogP contribution in [0.25, 0.3) is 11.1 Å². The Hall–Kier alpha value is -3.06. The molecular weight excluding hydrogens is 442 g/mol. The molecule has 7 nitrogen and oxygen atoms in total. The van der Waals surface area contributed by atoms with Crippen molar-refractivity contribution in [2.24, 2.45) is 5.92 Å². The Balaban J connectivity index is 1.17. The number of hydrogen-bond donors (Lipinski definition) is 0. The van der Waals surface area contributed by atoms with Crippen LogP contribution in [0.15, 0.2) is 30.6 Å². The number of ketones is 1. The van der Waals surface area contributed by atoms with Crippen LogP contribution in [0.3, 0.4) is 0 Å². The van der Waals surface area contributed by atoms with Crippen LogP contribution in [0.4, 0.5) is 5.69 Å². The second-order valence-corrected chi connectivity index (χ2v) is 10.5. The van der Waals surface area contributed by atoms with Crippen molar-refractivity contribution in [2.75, 3.05) is 31.6 Å². The lowest BCUT2D eigenvalue weighted by Crippen LogP contribution is -2.56. The minimum Gasteiger partial charge on any atom is -0.374 e. The van der Waals surface area contributed by atoms with E-state index < -0.39 is 0 Å². The molecule has 35 heavy (non-hydrogen) atoms. The van der Waals surface area contributed by atoms with Crippen LogP contribution in [0.2, 0.25) is 0 Å². The van der Waals surface area contributed by atoms with Crippen molar-refractivity contribution in [1.29, 1.82) is 0 Å². The highest BCUT2D eigenvalue weighted by atomic mass is 16.5. The second-order valence-electron chi connectivity index (χ2n) is 10.5. The van der Waals surface area contributed by atoms with Gasteiger partial charge in [0.05, 0.1) is 18.6 Å². The van der Waals surface area contributed by atoms with Crippen molar-refractivity contribution < 1.29 is 19.1 Å². The van der Waals surface area contributed by atoms with Crippen LogP contribution in [-0.2, 0) is 32.0 Å². The number of pyridine rings is 1. The molecule has 1 saturated heterocycles. The highest BCUT2D eigenvalue weighted by Crippen LogP contribution is 2.40. The Morgan fingerprint density at radius 2 is 1.94 bits per heavy atom. The summed E-state index contributed by atoms with van der Waals surface area (Å²) in [6.45, 7) is 1.90. The van der Waals surface area contributed by atoms with Gasteiger partial charge in [-0.3, -0.25) is 19.4 Å². The van der Waals surface area contributed by atoms with Gasteiger partial charge in [0, 0.05) is 63.0 Å². The summed E-state index contributed by atoms with van der Waals surface area (Å²) in [4.78, 5) is 44.8. The van der Waals surface area contributed by atoms with Crippen LogP contribution in [0, 0.1) is 5.92 Å². The van der Waals surface area contributed by atoms with Crippen LogP contribution in [0.5, 0.6) is 0 Å². The SMILES string of the molecule is CN1C(=O)CCc2cc(-c3cncc4c3CCCC4C(=O)N3CC(OCC4CC(=O)C4)C3)ccc21. The standard InChI is InChI=1S/C28H31N3O4/c1-30-26-7-5-18(11-19(26)6-8-27(30)33)24-12-29-13-25-22(24)3-2-4-23(25)28(34)31-14-21(15-31)35-16-17-9-20(32)10-17/h5,7,11-13,17,21,23H,2-4,6,8-10,14-16H2,1H3. The third kappa shape index (κ3) is 4.05. The van der Waals surface area contributed by atoms with Gasteiger partial charge in [-0.15, -0.1) is 0 Å². The first kappa shape index (κ1) is 22.4. The van der Waals surface area contributed by atoms with Crippen LogP contribution in [0.1, 0.15) is 54.7 Å². The molecule has 6 rings (SSSR count). The maximum atomic E-state index is 13.4. The average molecular weight is 474 g/mol. The van der Waals surface area contributed by atoms with Gasteiger partial charge in [0.15, 0.2) is 0 Å². The highest BCUT2D eigenvalue weighted by molar-refractivity contribution is 5.96. The van der Waals surface area contributed by atoms with E-state index in [1.165, 1.54) is 11.1 Å². The van der Waals surface area contributed by atoms with Gasteiger partial charge in [-0.05, 0) is 66.0 Å². The predicted molar refractivity (Wildman–Crippen MR) is 131 cm³/mol. The number of rotatable bonds is 5. The van der Waals surface area contributed by atoms with Gasteiger partial charge in [-0.1, -0.05) is 6.07 Å². The molecule has 1 unspecified atom stereocenters. The molecule has 1 saturated carbocycles. The molecule has 2 aliphatic carbocycles. The van der Waals surface area contributed by atoms with Gasteiger partial charge < -0.3 is 14.5 Å². The Bertz CT molecular complexity index is 1190. The number of benzene rings is 1. The molecule has 4 aliphatic rings. The van der Waals surface area contributed by atoms with Gasteiger partial charge in [0.25, 0.3) is 0 Å². The molecular formula is C28H31N3O4. The van der Waals surface area contributed by atoms with E-state index in [1.807, 2.05) is 30.4 Å². The van der Waals surface area contributed by atoms with Crippen molar-refractivity contribution in [3.8, 4) is 11.1 Å². The first-order valence-corrected chi connectivity index (χ1v) is 12.8. The zero-order valence-electron chi connectivity index (χ0n) is 20.2. The molecule has 0 radical (unpaired) electrons. The van der Waals surface area contributed by atoms with Crippen molar-refractivity contribution in [2.45, 2.75) is 57.0 Å². The van der Waals surface area contributed by atoms with Gasteiger partial charge in [-0.25, -0.2) is 0 Å². The first-order valence-electron chi connectivity index (χ1n) is 12.8. The lowest BCUT2D eigenvalue weighted by molar-refractivity contribution is -0.149. The third-order valence-corrected chi connectivity index (χ3v) is 8.18. The fourth-order valence-electron chi connectivity index (χ4n) is 5.97. The van der Waals surface area contributed by atoms with Gasteiger partial charge in [0.2, 0.25) is 11.8 Å². The molecule has 2 amide bonds. The Kier molecular flexibility index (Phi) is 5.67. The summed E-state index contributed by atoms with van der Waals surface area (Å²) in [5.74, 6) is 0.867. The maximum Gasteiger partial charge on any atom is 0.230 e. The number of aryl methyl sites for hydroxylation is 1. The summed E-state index contributed by atoms with van der Waals surface area (Å²) in [5.41, 5.74) is 6.66. The van der Waals surface area contributed by atoms with E-state index in [4.69, 9.17) is 4.74 Å². The number of Topliss-reactive ketones (excluding diaryl/α,β-unsaturated/α-hetero) is 1. The predicted octanol–water partition coefficient (Wildman–Crippen LogP) is 3.28. The zero-order chi connectivity index (χ0) is 24.1. The number of nitrogens with zero attached hydrogens (tertiary/aromatic N) is 3. The number of anilines is 1. The van der Waals surface area contributed by atoms with Gasteiger partial charge in [0.1, 0.15) is 5.78 Å². The lowest BCUT2D eigenvalue weighted by atomic mass is 9.79. The fourth-order valence-corrected chi connectivity index (χ4v) is 5.97. The number of carbonyl (C=O) groups is 3. The molecule has 2 fully saturated rings. The molecule has 0 N–H and O–H groups in total. The van der Waals surface area contributed by atoms with E-state index in [9.17, 15) is 14.4 Å². The number of fused-ring (bicyclic) bond motifs is 2. The Morgan fingerprint density at radius 1 is 1.11 bits per heavy atom. The van der Waals surface area contributed by atoms with E-state index in [0.29, 0.717) is 50.7 Å². The summed E-state index contributed by atoms with van der Waals surface area (Å²) in [5, 5.41) is 0. The topological polar surface area (TPSA) is 79.8 Å². The molecule has 182 valence electrons. The van der Waals surface area contributed by atoms with Crippen LogP contribution >= 0.6 is 0 Å². The van der Waals surface area contributed by atoms with Gasteiger partial charge >= 0.3 is 0 Å². The summed E-state index contributed by atoms with van der Waals surface area (Å²) in [7, 11) is 1.84. The van der Waals surface area contributed by atoms with Crippen molar-refractivity contribution in [3.63, 3.8) is 0 Å². The Morgan fingerprint density at radius 3 is 2.74 bits per heavy atom. The zero-order valence-corrected chi connectivity index (χ0v) is 20.2. The largest absolute Gasteiger partial charge is 0.374 e. The smallest absolute Gasteiger partial charge is 0.230 e. The third-order valence-electron chi connectivity index (χ3n) is 8.18. The number of amides is 2. The lowest BCUT2D eigenvalue weighted by Gasteiger charge is -2.42. The summed E-state index contributed by atoms with van der Waals surface area (Å²) < 4.78 is 5.92. The minimum atomic E-state index is -0.155. The highest BCUT2D eigenvalue weighted by Gasteiger charge is 2.39. The van der Waals surface area contributed by atoms with Gasteiger partial charge in [-0.2, -0.15) is 0 Å². The molecule has 7 heteroatoms. The number of ether oxygens (including phenoxy) is 1. The second kappa shape index (κ2) is 8.86. The number of carbonyl (C=O) groups excluding carboxylic acids is 3. The fraction of sp³-hybridized carbons (Fsp3) is 0.500. The monoisotopic (exact) mass is 473 g/mol. The Labute approximate surface area is 205 Å². The molecule has 1 aromatic carbocycles. The molecule has 3 heterocycles. The van der Waals surface area contributed by atoms with Crippen molar-refractivity contribution >= 4 is 23.3 Å². The van der Waals surface area contributed by atoms with Crippen LogP contribution < -0.4 is 4.90 Å².